The second-order valence-electron chi connectivity index (χ2n) is 4.62. The molecule has 21 heavy (non-hydrogen) atoms. The maximum atomic E-state index is 11.3. The molecule has 3 nitrogen and oxygen atoms in total. The monoisotopic (exact) mass is 297 g/mol. The molecule has 4 heteroatoms. The van der Waals surface area contributed by atoms with E-state index in [0.29, 0.717) is 10.8 Å². The lowest BCUT2D eigenvalue weighted by Crippen LogP contribution is -2.03. The molecular formula is C17H12ClNO2. The van der Waals surface area contributed by atoms with E-state index in [1.165, 1.54) is 6.92 Å². The van der Waals surface area contributed by atoms with Gasteiger partial charge in [0.15, 0.2) is 5.75 Å². The average molecular weight is 298 g/mol. The molecule has 0 saturated carbocycles. The summed E-state index contributed by atoms with van der Waals surface area (Å²) >= 11 is 6.10. The molecule has 1 heterocycles. The second kappa shape index (κ2) is 5.54. The first-order valence-corrected chi connectivity index (χ1v) is 6.85. The molecule has 0 unspecified atom stereocenters. The molecule has 0 aliphatic rings. The fourth-order valence-corrected chi connectivity index (χ4v) is 2.45. The third-order valence-corrected chi connectivity index (χ3v) is 3.35. The Balaban J connectivity index is 2.34. The first-order chi connectivity index (χ1) is 10.1. The first-order valence-electron chi connectivity index (χ1n) is 6.47. The topological polar surface area (TPSA) is 39.2 Å². The molecule has 0 atom stereocenters. The lowest BCUT2D eigenvalue weighted by atomic mass is 10.0. The minimum atomic E-state index is -0.379. The van der Waals surface area contributed by atoms with Gasteiger partial charge in [-0.3, -0.25) is 9.78 Å². The molecule has 3 rings (SSSR count). The summed E-state index contributed by atoms with van der Waals surface area (Å²) in [5, 5.41) is 1.47. The van der Waals surface area contributed by atoms with Crippen LogP contribution in [0, 0.1) is 0 Å². The number of benzene rings is 2. The summed E-state index contributed by atoms with van der Waals surface area (Å²) in [5.41, 5.74) is 2.57. The zero-order valence-electron chi connectivity index (χ0n) is 11.3. The number of nitrogens with zero attached hydrogens (tertiary/aromatic N) is 1. The van der Waals surface area contributed by atoms with Crippen LogP contribution in [0.3, 0.4) is 0 Å². The Labute approximate surface area is 127 Å². The van der Waals surface area contributed by atoms with E-state index < -0.39 is 0 Å². The molecule has 0 radical (unpaired) electrons. The molecule has 0 spiro atoms. The Hall–Kier alpha value is -2.39. The van der Waals surface area contributed by atoms with Crippen molar-refractivity contribution in [1.82, 2.24) is 4.98 Å². The molecule has 0 saturated heterocycles. The number of fused-ring (bicyclic) bond motifs is 1. The van der Waals surface area contributed by atoms with E-state index in [2.05, 4.69) is 4.98 Å². The van der Waals surface area contributed by atoms with E-state index in [1.54, 1.807) is 12.3 Å². The van der Waals surface area contributed by atoms with Crippen molar-refractivity contribution in [2.24, 2.45) is 0 Å². The number of carbonyl (C=O) groups excluding carboxylic acids is 1. The maximum Gasteiger partial charge on any atom is 0.308 e. The van der Waals surface area contributed by atoms with Crippen LogP contribution >= 0.6 is 11.6 Å². The second-order valence-corrected chi connectivity index (χ2v) is 5.06. The number of pyridine rings is 1. The van der Waals surface area contributed by atoms with E-state index in [1.807, 2.05) is 42.5 Å². The molecule has 0 bridgehead atoms. The van der Waals surface area contributed by atoms with Crippen LogP contribution in [0.15, 0.2) is 54.7 Å². The van der Waals surface area contributed by atoms with Gasteiger partial charge in [0, 0.05) is 22.9 Å². The van der Waals surface area contributed by atoms with Crippen molar-refractivity contribution >= 4 is 28.5 Å². The van der Waals surface area contributed by atoms with Crippen molar-refractivity contribution in [1.29, 1.82) is 0 Å². The van der Waals surface area contributed by atoms with E-state index in [0.717, 1.165) is 22.0 Å². The van der Waals surface area contributed by atoms with Gasteiger partial charge in [-0.2, -0.15) is 0 Å². The van der Waals surface area contributed by atoms with Crippen LogP contribution in [0.4, 0.5) is 0 Å². The van der Waals surface area contributed by atoms with Crippen molar-refractivity contribution in [3.05, 3.63) is 59.8 Å². The smallest absolute Gasteiger partial charge is 0.308 e. The Kier molecular flexibility index (Phi) is 3.59. The van der Waals surface area contributed by atoms with Crippen LogP contribution in [0.2, 0.25) is 5.02 Å². The molecule has 0 N–H and O–H groups in total. The molecule has 2 aromatic carbocycles. The molecular weight excluding hydrogens is 286 g/mol. The summed E-state index contributed by atoms with van der Waals surface area (Å²) in [7, 11) is 0. The quantitative estimate of drug-likeness (QED) is 0.655. The zero-order valence-corrected chi connectivity index (χ0v) is 12.1. The van der Waals surface area contributed by atoms with E-state index in [4.69, 9.17) is 16.3 Å². The molecule has 0 aliphatic heterocycles. The molecule has 0 amide bonds. The van der Waals surface area contributed by atoms with E-state index in [9.17, 15) is 4.79 Å². The largest absolute Gasteiger partial charge is 0.424 e. The van der Waals surface area contributed by atoms with Crippen molar-refractivity contribution in [3.8, 4) is 16.9 Å². The van der Waals surface area contributed by atoms with Crippen LogP contribution in [0.5, 0.6) is 5.75 Å². The Morgan fingerprint density at radius 3 is 2.62 bits per heavy atom. The minimum absolute atomic E-state index is 0.379. The van der Waals surface area contributed by atoms with Crippen LogP contribution in [-0.2, 0) is 4.79 Å². The molecule has 0 fully saturated rings. The third kappa shape index (κ3) is 2.73. The van der Waals surface area contributed by atoms with Gasteiger partial charge in [-0.15, -0.1) is 0 Å². The normalized spacial score (nSPS) is 10.6. The van der Waals surface area contributed by atoms with Gasteiger partial charge in [0.2, 0.25) is 0 Å². The van der Waals surface area contributed by atoms with Crippen LogP contribution in [-0.4, -0.2) is 11.0 Å². The van der Waals surface area contributed by atoms with Gasteiger partial charge in [0.05, 0.1) is 11.7 Å². The average Bonchev–Trinajstić information content (AvgIpc) is 2.47. The maximum absolute atomic E-state index is 11.3. The van der Waals surface area contributed by atoms with E-state index in [-0.39, 0.29) is 5.97 Å². The number of carbonyl (C=O) groups is 1. The highest BCUT2D eigenvalue weighted by atomic mass is 35.5. The summed E-state index contributed by atoms with van der Waals surface area (Å²) in [6, 6.07) is 15.2. The minimum Gasteiger partial charge on any atom is -0.424 e. The summed E-state index contributed by atoms with van der Waals surface area (Å²) in [4.78, 5) is 15.6. The number of rotatable bonds is 2. The standard InChI is InChI=1S/C17H12ClNO2/c1-11(20)21-16-10-19-15-8-7-13(18)9-14(15)17(16)12-5-3-2-4-6-12/h2-10H,1H3. The lowest BCUT2D eigenvalue weighted by molar-refractivity contribution is -0.131. The van der Waals surface area contributed by atoms with Gasteiger partial charge in [-0.25, -0.2) is 0 Å². The third-order valence-electron chi connectivity index (χ3n) is 3.11. The molecule has 0 aliphatic carbocycles. The van der Waals surface area contributed by atoms with Gasteiger partial charge < -0.3 is 4.74 Å². The highest BCUT2D eigenvalue weighted by molar-refractivity contribution is 6.31. The summed E-state index contributed by atoms with van der Waals surface area (Å²) in [6.07, 6.45) is 1.57. The zero-order chi connectivity index (χ0) is 14.8. The summed E-state index contributed by atoms with van der Waals surface area (Å²) in [6.45, 7) is 1.37. The van der Waals surface area contributed by atoms with Crippen LogP contribution < -0.4 is 4.74 Å². The molecule has 1 aromatic heterocycles. The van der Waals surface area contributed by atoms with Gasteiger partial charge >= 0.3 is 5.97 Å². The van der Waals surface area contributed by atoms with Gasteiger partial charge in [-0.05, 0) is 23.8 Å². The van der Waals surface area contributed by atoms with Crippen LogP contribution in [0.1, 0.15) is 6.92 Å². The first kappa shape index (κ1) is 13.6. The number of ether oxygens (including phenoxy) is 1. The number of esters is 1. The molecule has 104 valence electrons. The number of hydrogen-bond acceptors (Lipinski definition) is 3. The summed E-state index contributed by atoms with van der Waals surface area (Å²) < 4.78 is 5.30. The number of aromatic nitrogens is 1. The van der Waals surface area contributed by atoms with Crippen molar-refractivity contribution < 1.29 is 9.53 Å². The number of hydrogen-bond donors (Lipinski definition) is 0. The Morgan fingerprint density at radius 1 is 1.14 bits per heavy atom. The fourth-order valence-electron chi connectivity index (χ4n) is 2.28. The van der Waals surface area contributed by atoms with Gasteiger partial charge in [0.1, 0.15) is 0 Å². The van der Waals surface area contributed by atoms with Gasteiger partial charge in [-0.1, -0.05) is 41.9 Å². The lowest BCUT2D eigenvalue weighted by Gasteiger charge is -2.12. The Bertz CT molecular complexity index is 816. The predicted octanol–water partition coefficient (Wildman–Crippen LogP) is 4.48. The SMILES string of the molecule is CC(=O)Oc1cnc2ccc(Cl)cc2c1-c1ccccc1. The van der Waals surface area contributed by atoms with Gasteiger partial charge in [0.25, 0.3) is 0 Å². The highest BCUT2D eigenvalue weighted by Gasteiger charge is 2.14. The molecule has 3 aromatic rings. The predicted molar refractivity (Wildman–Crippen MR) is 83.5 cm³/mol. The Morgan fingerprint density at radius 2 is 1.90 bits per heavy atom. The van der Waals surface area contributed by atoms with Crippen LogP contribution in [0.25, 0.3) is 22.0 Å². The highest BCUT2D eigenvalue weighted by Crippen LogP contribution is 2.37. The van der Waals surface area contributed by atoms with Crippen molar-refractivity contribution in [3.63, 3.8) is 0 Å². The summed E-state index contributed by atoms with van der Waals surface area (Å²) in [5.74, 6) is 0.0545. The van der Waals surface area contributed by atoms with Crippen molar-refractivity contribution in [2.45, 2.75) is 6.92 Å². The fraction of sp³-hybridized carbons (Fsp3) is 0.0588. The van der Waals surface area contributed by atoms with E-state index >= 15 is 0 Å². The number of halogens is 1. The van der Waals surface area contributed by atoms with Crippen molar-refractivity contribution in [2.75, 3.05) is 0 Å².